The van der Waals surface area contributed by atoms with Gasteiger partial charge in [-0.2, -0.15) is 0 Å². The number of oxime groups is 3. The van der Waals surface area contributed by atoms with E-state index < -0.39 is 42.0 Å². The Labute approximate surface area is 373 Å². The zero-order chi connectivity index (χ0) is 47.0. The van der Waals surface area contributed by atoms with Crippen molar-refractivity contribution < 1.29 is 57.5 Å². The van der Waals surface area contributed by atoms with Crippen LogP contribution in [-0.2, 0) is 28.7 Å². The van der Waals surface area contributed by atoms with E-state index in [1.54, 1.807) is 20.8 Å². The molecule has 0 aromatic carbocycles. The van der Waals surface area contributed by atoms with Crippen molar-refractivity contribution in [3.05, 3.63) is 0 Å². The molecule has 0 bridgehead atoms. The van der Waals surface area contributed by atoms with Gasteiger partial charge in [0.25, 0.3) is 0 Å². The average Bonchev–Trinajstić information content (AvgIpc) is 3.28. The maximum Gasteiger partial charge on any atom is 0.433 e. The Bertz CT molecular complexity index is 1250. The number of amides is 6. The minimum absolute atomic E-state index is 0.183. The van der Waals surface area contributed by atoms with E-state index in [-0.39, 0.29) is 19.8 Å². The number of nitrogens with zero attached hydrogens (tertiary/aromatic N) is 3. The molecular weight excluding hydrogens is 823 g/mol. The molecular formula is C42H77N9O12. The highest BCUT2D eigenvalue weighted by molar-refractivity contribution is 5.82. The second-order valence-corrected chi connectivity index (χ2v) is 15.1. The van der Waals surface area contributed by atoms with Crippen molar-refractivity contribution in [2.24, 2.45) is 20.9 Å². The van der Waals surface area contributed by atoms with Crippen LogP contribution in [0.4, 0.5) is 28.8 Å². The smallest absolute Gasteiger partial charge is 0.433 e. The Morgan fingerprint density at radius 3 is 0.794 bits per heavy atom. The van der Waals surface area contributed by atoms with E-state index in [0.29, 0.717) is 84.2 Å². The first-order valence-corrected chi connectivity index (χ1v) is 22.5. The van der Waals surface area contributed by atoms with Gasteiger partial charge in [-0.3, -0.25) is 14.5 Å². The zero-order valence-electron chi connectivity index (χ0n) is 38.9. The molecule has 0 atom stereocenters. The SMILES string of the molecule is CC/C(C)=N\OC(=O)NCCCCCCNC(=O)OCC(CC)(COC(=O)NCCCCCCNC(=O)O/N=C(\C)CC)COC(=O)NCCCCCCNC(=O)O/N=C(\C)CC. The molecule has 0 spiro atoms. The molecule has 0 aromatic rings. The van der Waals surface area contributed by atoms with Gasteiger partial charge in [-0.1, -0.05) is 81.7 Å². The predicted octanol–water partition coefficient (Wildman–Crippen LogP) is 7.78. The molecule has 0 fully saturated rings. The molecule has 6 amide bonds. The number of nitrogens with one attached hydrogen (secondary N) is 6. The summed E-state index contributed by atoms with van der Waals surface area (Å²) in [6.45, 7) is 14.8. The lowest BCUT2D eigenvalue weighted by Gasteiger charge is -2.31. The van der Waals surface area contributed by atoms with Gasteiger partial charge in [0.1, 0.15) is 19.8 Å². The third-order valence-electron chi connectivity index (χ3n) is 9.59. The summed E-state index contributed by atoms with van der Waals surface area (Å²) < 4.78 is 16.6. The lowest BCUT2D eigenvalue weighted by molar-refractivity contribution is -0.0175. The van der Waals surface area contributed by atoms with Gasteiger partial charge in [0, 0.05) is 39.3 Å². The maximum atomic E-state index is 12.6. The van der Waals surface area contributed by atoms with Crippen LogP contribution in [-0.4, -0.2) is 113 Å². The average molecular weight is 900 g/mol. The minimum atomic E-state index is -1.02. The first-order valence-electron chi connectivity index (χ1n) is 22.5. The molecule has 0 saturated carbocycles. The van der Waals surface area contributed by atoms with Crippen LogP contribution in [0.5, 0.6) is 0 Å². The largest absolute Gasteiger partial charge is 0.449 e. The Kier molecular flexibility index (Phi) is 35.1. The molecule has 0 heterocycles. The van der Waals surface area contributed by atoms with Crippen molar-refractivity contribution in [3.8, 4) is 0 Å². The Hall–Kier alpha value is -5.37. The zero-order valence-corrected chi connectivity index (χ0v) is 38.9. The van der Waals surface area contributed by atoms with Crippen LogP contribution < -0.4 is 31.9 Å². The quantitative estimate of drug-likeness (QED) is 0.0119. The van der Waals surface area contributed by atoms with E-state index in [0.717, 1.165) is 74.9 Å². The lowest BCUT2D eigenvalue weighted by Crippen LogP contribution is -2.42. The molecule has 0 unspecified atom stereocenters. The molecule has 0 radical (unpaired) electrons. The molecule has 0 aliphatic heterocycles. The molecule has 21 nitrogen and oxygen atoms in total. The standard InChI is InChI=1S/C42H77N9O12/c1-8-33(5)49-61-39(55)46-27-21-15-12-18-24-43-36(52)58-30-42(11-4,31-59-37(53)44-25-19-13-16-22-28-47-40(56)62-50-34(6)9-2)32-60-38(54)45-26-20-14-17-23-29-48-41(57)63-51-35(7)10-3/h8-32H2,1-7H3,(H,43,52)(H,44,53)(H,45,54)(H,46,55)(H,47,56)(H,48,57)/b49-33-,50-34+,51-35+. The fraction of sp³-hybridized carbons (Fsp3) is 0.786. The first-order chi connectivity index (χ1) is 30.3. The fourth-order valence-corrected chi connectivity index (χ4v) is 4.84. The highest BCUT2D eigenvalue weighted by Gasteiger charge is 2.34. The molecule has 6 N–H and O–H groups in total. The summed E-state index contributed by atoms with van der Waals surface area (Å²) in [6.07, 6.45) is 7.79. The van der Waals surface area contributed by atoms with Crippen molar-refractivity contribution in [2.75, 3.05) is 59.1 Å². The van der Waals surface area contributed by atoms with Gasteiger partial charge in [-0.05, 0) is 85.0 Å². The second kappa shape index (κ2) is 38.3. The number of hydrogen-bond donors (Lipinski definition) is 6. The van der Waals surface area contributed by atoms with Crippen molar-refractivity contribution in [3.63, 3.8) is 0 Å². The second-order valence-electron chi connectivity index (χ2n) is 15.1. The van der Waals surface area contributed by atoms with E-state index in [2.05, 4.69) is 47.4 Å². The molecule has 362 valence electrons. The van der Waals surface area contributed by atoms with Gasteiger partial charge in [-0.15, -0.1) is 0 Å². The normalized spacial score (nSPS) is 11.8. The number of hydrogen-bond acceptors (Lipinski definition) is 15. The number of ether oxygens (including phenoxy) is 3. The minimum Gasteiger partial charge on any atom is -0.449 e. The number of alkyl carbamates (subject to hydrolysis) is 3. The third kappa shape index (κ3) is 34.9. The summed E-state index contributed by atoms with van der Waals surface area (Å²) in [7, 11) is 0. The van der Waals surface area contributed by atoms with Gasteiger partial charge >= 0.3 is 36.6 Å². The number of carbonyl (C=O) groups is 6. The van der Waals surface area contributed by atoms with Gasteiger partial charge in [0.2, 0.25) is 0 Å². The Morgan fingerprint density at radius 1 is 0.365 bits per heavy atom. The summed E-state index contributed by atoms with van der Waals surface area (Å²) >= 11 is 0. The third-order valence-corrected chi connectivity index (χ3v) is 9.59. The summed E-state index contributed by atoms with van der Waals surface area (Å²) in [5.41, 5.74) is 1.13. The van der Waals surface area contributed by atoms with Gasteiger partial charge in [-0.25, -0.2) is 28.8 Å². The number of rotatable bonds is 34. The van der Waals surface area contributed by atoms with Crippen molar-refractivity contribution in [1.82, 2.24) is 31.9 Å². The molecule has 0 aliphatic carbocycles. The molecule has 0 rings (SSSR count). The molecule has 0 aliphatic rings. The van der Waals surface area contributed by atoms with E-state index in [1.165, 1.54) is 0 Å². The van der Waals surface area contributed by atoms with Crippen molar-refractivity contribution in [2.45, 2.75) is 151 Å². The van der Waals surface area contributed by atoms with E-state index in [4.69, 9.17) is 28.7 Å². The Balaban J connectivity index is 4.80. The molecule has 63 heavy (non-hydrogen) atoms. The van der Waals surface area contributed by atoms with Crippen molar-refractivity contribution in [1.29, 1.82) is 0 Å². The summed E-state index contributed by atoms with van der Waals surface area (Å²) in [4.78, 5) is 87.2. The molecule has 21 heteroatoms. The van der Waals surface area contributed by atoms with Crippen LogP contribution in [0.15, 0.2) is 15.5 Å². The van der Waals surface area contributed by atoms with Crippen LogP contribution in [0.1, 0.15) is 151 Å². The topological polar surface area (TPSA) is 267 Å². The summed E-state index contributed by atoms with van der Waals surface area (Å²) in [5, 5.41) is 27.2. The first kappa shape index (κ1) is 57.6. The molecule has 0 aromatic heterocycles. The van der Waals surface area contributed by atoms with Crippen LogP contribution in [0, 0.1) is 5.41 Å². The van der Waals surface area contributed by atoms with Gasteiger partial charge in [0.05, 0.1) is 22.6 Å². The monoisotopic (exact) mass is 900 g/mol. The molecule has 0 saturated heterocycles. The van der Waals surface area contributed by atoms with Crippen molar-refractivity contribution >= 4 is 53.7 Å². The van der Waals surface area contributed by atoms with Gasteiger partial charge in [0.15, 0.2) is 0 Å². The summed E-state index contributed by atoms with van der Waals surface area (Å²) in [5.74, 6) is 0. The maximum absolute atomic E-state index is 12.6. The Morgan fingerprint density at radius 2 is 0.587 bits per heavy atom. The van der Waals surface area contributed by atoms with Crippen LogP contribution in [0.2, 0.25) is 0 Å². The highest BCUT2D eigenvalue weighted by atomic mass is 16.7. The van der Waals surface area contributed by atoms with Crippen LogP contribution >= 0.6 is 0 Å². The number of carbonyl (C=O) groups excluding carboxylic acids is 6. The van der Waals surface area contributed by atoms with E-state index >= 15 is 0 Å². The summed E-state index contributed by atoms with van der Waals surface area (Å²) in [6, 6.07) is 0. The van der Waals surface area contributed by atoms with Crippen LogP contribution in [0.25, 0.3) is 0 Å². The fourth-order valence-electron chi connectivity index (χ4n) is 4.84. The highest BCUT2D eigenvalue weighted by Crippen LogP contribution is 2.24. The van der Waals surface area contributed by atoms with E-state index in [1.807, 2.05) is 27.7 Å². The predicted molar refractivity (Wildman–Crippen MR) is 240 cm³/mol. The number of unbranched alkanes of at least 4 members (excludes halogenated alkanes) is 9. The van der Waals surface area contributed by atoms with Gasteiger partial charge < -0.3 is 46.1 Å². The van der Waals surface area contributed by atoms with Crippen LogP contribution in [0.3, 0.4) is 0 Å². The lowest BCUT2D eigenvalue weighted by atomic mass is 9.88. The van der Waals surface area contributed by atoms with E-state index in [9.17, 15) is 28.8 Å².